The molecule has 0 atom stereocenters. The number of hydrogen-bond acceptors (Lipinski definition) is 2. The predicted octanol–water partition coefficient (Wildman–Crippen LogP) is 1.56. The second kappa shape index (κ2) is 8.26. The van der Waals surface area contributed by atoms with Crippen LogP contribution in [0.25, 0.3) is 0 Å². The molecule has 0 radical (unpaired) electrons. The molecule has 0 saturated heterocycles. The van der Waals surface area contributed by atoms with Crippen molar-refractivity contribution in [2.24, 2.45) is 0 Å². The van der Waals surface area contributed by atoms with Crippen LogP contribution < -0.4 is 5.32 Å². The summed E-state index contributed by atoms with van der Waals surface area (Å²) in [6, 6.07) is 6.02. The molecule has 0 bridgehead atoms. The average molecular weight is 266 g/mol. The molecule has 0 aromatic heterocycles. The fourth-order valence-electron chi connectivity index (χ4n) is 1.67. The highest BCUT2D eigenvalue weighted by atomic mass is 19.1. The van der Waals surface area contributed by atoms with Gasteiger partial charge in [0, 0.05) is 19.6 Å². The largest absolute Gasteiger partial charge is 0.395 e. The van der Waals surface area contributed by atoms with Crippen LogP contribution in [0.15, 0.2) is 36.9 Å². The van der Waals surface area contributed by atoms with Crippen LogP contribution in [0.3, 0.4) is 0 Å². The van der Waals surface area contributed by atoms with E-state index in [1.807, 2.05) is 6.07 Å². The maximum absolute atomic E-state index is 12.9. The second-order valence-electron chi connectivity index (χ2n) is 4.07. The van der Waals surface area contributed by atoms with E-state index in [2.05, 4.69) is 11.9 Å². The minimum Gasteiger partial charge on any atom is -0.395 e. The Labute approximate surface area is 112 Å². The molecular weight excluding hydrogens is 247 g/mol. The van der Waals surface area contributed by atoms with Crippen LogP contribution in [0, 0.1) is 5.82 Å². The van der Waals surface area contributed by atoms with E-state index in [1.165, 1.54) is 17.0 Å². The van der Waals surface area contributed by atoms with Gasteiger partial charge in [0.05, 0.1) is 6.61 Å². The molecule has 5 heteroatoms. The number of nitrogens with one attached hydrogen (secondary N) is 1. The van der Waals surface area contributed by atoms with Gasteiger partial charge in [-0.1, -0.05) is 18.2 Å². The summed E-state index contributed by atoms with van der Waals surface area (Å²) in [4.78, 5) is 13.2. The van der Waals surface area contributed by atoms with E-state index in [4.69, 9.17) is 5.11 Å². The minimum atomic E-state index is -0.280. The molecule has 0 aliphatic carbocycles. The summed E-state index contributed by atoms with van der Waals surface area (Å²) >= 11 is 0. The number of halogens is 1. The third-order valence-electron chi connectivity index (χ3n) is 2.59. The lowest BCUT2D eigenvalue weighted by Crippen LogP contribution is -2.42. The number of hydrogen-bond donors (Lipinski definition) is 2. The zero-order chi connectivity index (χ0) is 14.1. The van der Waals surface area contributed by atoms with Gasteiger partial charge in [0.15, 0.2) is 0 Å². The van der Waals surface area contributed by atoms with E-state index in [-0.39, 0.29) is 25.0 Å². The molecule has 104 valence electrons. The highest BCUT2D eigenvalue weighted by Gasteiger charge is 2.10. The minimum absolute atomic E-state index is 0.0921. The predicted molar refractivity (Wildman–Crippen MR) is 72.4 cm³/mol. The first kappa shape index (κ1) is 15.2. The Morgan fingerprint density at radius 3 is 2.95 bits per heavy atom. The molecule has 0 aliphatic rings. The number of urea groups is 1. The van der Waals surface area contributed by atoms with Crippen LogP contribution in [0.4, 0.5) is 9.18 Å². The zero-order valence-corrected chi connectivity index (χ0v) is 10.8. The summed E-state index contributed by atoms with van der Waals surface area (Å²) in [5, 5.41) is 11.6. The second-order valence-corrected chi connectivity index (χ2v) is 4.07. The van der Waals surface area contributed by atoms with Gasteiger partial charge in [0.1, 0.15) is 5.82 Å². The van der Waals surface area contributed by atoms with E-state index < -0.39 is 0 Å². The third kappa shape index (κ3) is 5.52. The normalized spacial score (nSPS) is 10.0. The van der Waals surface area contributed by atoms with Gasteiger partial charge in [-0.2, -0.15) is 0 Å². The molecule has 0 heterocycles. The number of nitrogens with zero attached hydrogens (tertiary/aromatic N) is 1. The van der Waals surface area contributed by atoms with Gasteiger partial charge < -0.3 is 15.3 Å². The van der Waals surface area contributed by atoms with E-state index in [9.17, 15) is 9.18 Å². The molecule has 1 aromatic rings. The average Bonchev–Trinajstić information content (AvgIpc) is 2.38. The Kier molecular flexibility index (Phi) is 6.60. The summed E-state index contributed by atoms with van der Waals surface area (Å²) in [6.45, 7) is 4.53. The molecule has 19 heavy (non-hydrogen) atoms. The Balaban J connectivity index is 2.38. The van der Waals surface area contributed by atoms with Gasteiger partial charge >= 0.3 is 6.03 Å². The van der Waals surface area contributed by atoms with Crippen molar-refractivity contribution in [1.82, 2.24) is 10.2 Å². The number of aliphatic hydroxyl groups excluding tert-OH is 1. The van der Waals surface area contributed by atoms with Gasteiger partial charge in [0.25, 0.3) is 0 Å². The van der Waals surface area contributed by atoms with Crippen LogP contribution in [0.2, 0.25) is 0 Å². The number of benzene rings is 1. The van der Waals surface area contributed by atoms with Crippen molar-refractivity contribution in [1.29, 1.82) is 0 Å². The van der Waals surface area contributed by atoms with Crippen LogP contribution in [0.5, 0.6) is 0 Å². The van der Waals surface area contributed by atoms with Gasteiger partial charge in [-0.15, -0.1) is 6.58 Å². The first-order chi connectivity index (χ1) is 9.17. The number of carbonyl (C=O) groups excluding carboxylic acids is 1. The molecule has 0 saturated carbocycles. The Bertz CT molecular complexity index is 424. The van der Waals surface area contributed by atoms with E-state index in [0.717, 1.165) is 5.56 Å². The maximum atomic E-state index is 12.9. The number of aliphatic hydroxyl groups is 1. The molecule has 4 nitrogen and oxygen atoms in total. The van der Waals surface area contributed by atoms with Crippen LogP contribution in [0.1, 0.15) is 5.56 Å². The van der Waals surface area contributed by atoms with E-state index in [1.54, 1.807) is 12.1 Å². The van der Waals surface area contributed by atoms with Crippen molar-refractivity contribution in [3.63, 3.8) is 0 Å². The van der Waals surface area contributed by atoms with Gasteiger partial charge in [-0.3, -0.25) is 0 Å². The van der Waals surface area contributed by atoms with Crippen molar-refractivity contribution in [2.75, 3.05) is 26.2 Å². The first-order valence-electron chi connectivity index (χ1n) is 6.16. The topological polar surface area (TPSA) is 52.6 Å². The van der Waals surface area contributed by atoms with Crippen molar-refractivity contribution < 1.29 is 14.3 Å². The molecule has 0 spiro atoms. The quantitative estimate of drug-likeness (QED) is 0.736. The Morgan fingerprint density at radius 2 is 2.32 bits per heavy atom. The number of carbonyl (C=O) groups is 1. The van der Waals surface area contributed by atoms with Crippen LogP contribution in [-0.4, -0.2) is 42.3 Å². The van der Waals surface area contributed by atoms with Gasteiger partial charge in [0.2, 0.25) is 0 Å². The lowest BCUT2D eigenvalue weighted by atomic mass is 10.1. The van der Waals surface area contributed by atoms with Crippen LogP contribution in [-0.2, 0) is 6.42 Å². The highest BCUT2D eigenvalue weighted by Crippen LogP contribution is 2.03. The monoisotopic (exact) mass is 266 g/mol. The van der Waals surface area contributed by atoms with Crippen molar-refractivity contribution in [2.45, 2.75) is 6.42 Å². The smallest absolute Gasteiger partial charge is 0.317 e. The summed E-state index contributed by atoms with van der Waals surface area (Å²) < 4.78 is 12.9. The third-order valence-corrected chi connectivity index (χ3v) is 2.59. The SMILES string of the molecule is C=CCN(CCO)C(=O)NCCc1cccc(F)c1. The van der Waals surface area contributed by atoms with Gasteiger partial charge in [-0.05, 0) is 24.1 Å². The molecule has 1 aromatic carbocycles. The summed E-state index contributed by atoms with van der Waals surface area (Å²) in [5.74, 6) is -0.280. The fourth-order valence-corrected chi connectivity index (χ4v) is 1.67. The zero-order valence-electron chi connectivity index (χ0n) is 10.8. The Morgan fingerprint density at radius 1 is 1.53 bits per heavy atom. The summed E-state index contributed by atoms with van der Waals surface area (Å²) in [6.07, 6.45) is 2.16. The van der Waals surface area contributed by atoms with Crippen molar-refractivity contribution >= 4 is 6.03 Å². The molecule has 0 aliphatic heterocycles. The lowest BCUT2D eigenvalue weighted by molar-refractivity contribution is 0.184. The van der Waals surface area contributed by atoms with Gasteiger partial charge in [-0.25, -0.2) is 9.18 Å². The molecular formula is C14H19FN2O2. The molecule has 2 N–H and O–H groups in total. The molecule has 1 rings (SSSR count). The summed E-state index contributed by atoms with van der Waals surface area (Å²) in [7, 11) is 0. The number of rotatable bonds is 7. The molecule has 0 unspecified atom stereocenters. The lowest BCUT2D eigenvalue weighted by Gasteiger charge is -2.20. The first-order valence-corrected chi connectivity index (χ1v) is 6.16. The van der Waals surface area contributed by atoms with Crippen LogP contribution >= 0.6 is 0 Å². The molecule has 2 amide bonds. The Hall–Kier alpha value is -1.88. The standard InChI is InChI=1S/C14H19FN2O2/c1-2-8-17(9-10-18)14(19)16-7-6-12-4-3-5-13(15)11-12/h2-5,11,18H,1,6-10H2,(H,16,19). The maximum Gasteiger partial charge on any atom is 0.317 e. The number of amides is 2. The highest BCUT2D eigenvalue weighted by molar-refractivity contribution is 5.74. The molecule has 0 fully saturated rings. The fraction of sp³-hybridized carbons (Fsp3) is 0.357. The van der Waals surface area contributed by atoms with Crippen molar-refractivity contribution in [3.05, 3.63) is 48.3 Å². The van der Waals surface area contributed by atoms with E-state index >= 15 is 0 Å². The van der Waals surface area contributed by atoms with Crippen molar-refractivity contribution in [3.8, 4) is 0 Å². The van der Waals surface area contributed by atoms with E-state index in [0.29, 0.717) is 19.5 Å². The summed E-state index contributed by atoms with van der Waals surface area (Å²) in [5.41, 5.74) is 0.831.